The molecule has 1 fully saturated rings. The Balaban J connectivity index is 0.933. The minimum Gasteiger partial charge on any atom is -0.465 e. The van der Waals surface area contributed by atoms with Crippen molar-refractivity contribution in [3.05, 3.63) is 149 Å². The molecule has 5 aromatic rings. The molecule has 5 heterocycles. The lowest BCUT2D eigenvalue weighted by atomic mass is 9.77. The summed E-state index contributed by atoms with van der Waals surface area (Å²) < 4.78 is 6.19. The molecule has 0 aliphatic heterocycles. The van der Waals surface area contributed by atoms with Crippen LogP contribution in [0.15, 0.2) is 114 Å². The average Bonchev–Trinajstić information content (AvgIpc) is 4.02. The summed E-state index contributed by atoms with van der Waals surface area (Å²) in [7, 11) is 0. The highest BCUT2D eigenvalue weighted by atomic mass is 32.1. The number of hydrogen-bond acceptors (Lipinski definition) is 8. The van der Waals surface area contributed by atoms with Crippen LogP contribution in [-0.2, 0) is 26.2 Å². The zero-order valence-electron chi connectivity index (χ0n) is 35.0. The number of ether oxygens (including phenoxy) is 1. The molecule has 4 unspecified atom stereocenters. The van der Waals surface area contributed by atoms with E-state index in [9.17, 15) is 9.59 Å². The van der Waals surface area contributed by atoms with E-state index in [-0.39, 0.29) is 29.5 Å². The Kier molecular flexibility index (Phi) is 12.2. The quantitative estimate of drug-likeness (QED) is 0.0598. The van der Waals surface area contributed by atoms with Crippen molar-refractivity contribution in [2.24, 2.45) is 23.7 Å². The number of Topliss-reactive ketones (excluding diaryl/α,β-unsaturated/α-hetero) is 1. The largest absolute Gasteiger partial charge is 0.465 e. The first-order chi connectivity index (χ1) is 28.2. The second kappa shape index (κ2) is 17.2. The minimum absolute atomic E-state index is 0.0707. The van der Waals surface area contributed by atoms with Gasteiger partial charge in [-0.15, -0.1) is 56.7 Å². The summed E-state index contributed by atoms with van der Waals surface area (Å²) >= 11 is 8.91. The van der Waals surface area contributed by atoms with Crippen LogP contribution in [0.5, 0.6) is 0 Å². The fraction of sp³-hybridized carbons (Fsp3) is 0.333. The van der Waals surface area contributed by atoms with Gasteiger partial charge in [0.25, 0.3) is 0 Å². The number of hydrogen-bond donors (Lipinski definition) is 0. The van der Waals surface area contributed by atoms with Crippen LogP contribution in [0.1, 0.15) is 81.8 Å². The SMILES string of the molecule is C=C/C(=C(\C=C(/C)c1ccc(C)s1)CC(=O)C1=CC(CC2C3C=CC(C3)C2COC(=O)Cc2cc(-c3ccc(C)s3)sc2-c2ccc(C(C)(C)C)s2)=C1)c1ccc(C)s1. The fourth-order valence-corrected chi connectivity index (χ4v) is 13.8. The molecular weight excluding hydrogens is 821 g/mol. The molecule has 1 saturated carbocycles. The van der Waals surface area contributed by atoms with E-state index in [1.165, 1.54) is 49.5 Å². The van der Waals surface area contributed by atoms with E-state index in [1.807, 2.05) is 17.4 Å². The molecule has 0 aromatic carbocycles. The van der Waals surface area contributed by atoms with Crippen molar-refractivity contribution in [1.29, 1.82) is 0 Å². The first-order valence-electron chi connectivity index (χ1n) is 20.5. The van der Waals surface area contributed by atoms with E-state index in [1.54, 1.807) is 45.3 Å². The summed E-state index contributed by atoms with van der Waals surface area (Å²) in [4.78, 5) is 39.9. The van der Waals surface area contributed by atoms with Crippen molar-refractivity contribution in [3.63, 3.8) is 0 Å². The summed E-state index contributed by atoms with van der Waals surface area (Å²) in [5.74, 6) is 1.52. The maximum absolute atomic E-state index is 13.9. The van der Waals surface area contributed by atoms with Gasteiger partial charge in [-0.25, -0.2) is 0 Å². The maximum Gasteiger partial charge on any atom is 0.310 e. The first kappa shape index (κ1) is 41.8. The van der Waals surface area contributed by atoms with E-state index < -0.39 is 0 Å². The van der Waals surface area contributed by atoms with Gasteiger partial charge in [0.15, 0.2) is 5.78 Å². The smallest absolute Gasteiger partial charge is 0.310 e. The van der Waals surface area contributed by atoms with Gasteiger partial charge in [-0.05, 0) is 158 Å². The summed E-state index contributed by atoms with van der Waals surface area (Å²) in [6.45, 7) is 19.8. The van der Waals surface area contributed by atoms with Crippen LogP contribution in [0, 0.1) is 44.4 Å². The van der Waals surface area contributed by atoms with Gasteiger partial charge in [-0.1, -0.05) is 51.7 Å². The molecule has 0 N–H and O–H groups in total. The van der Waals surface area contributed by atoms with Gasteiger partial charge in [-0.3, -0.25) is 9.59 Å². The zero-order valence-corrected chi connectivity index (χ0v) is 39.1. The Hall–Kier alpha value is -3.92. The van der Waals surface area contributed by atoms with E-state index >= 15 is 0 Å². The van der Waals surface area contributed by atoms with Crippen LogP contribution >= 0.6 is 56.7 Å². The number of fused-ring (bicyclic) bond motifs is 2. The molecule has 0 saturated heterocycles. The van der Waals surface area contributed by atoms with E-state index in [4.69, 9.17) is 4.74 Å². The Morgan fingerprint density at radius 3 is 2.08 bits per heavy atom. The predicted molar refractivity (Wildman–Crippen MR) is 256 cm³/mol. The van der Waals surface area contributed by atoms with E-state index in [0.29, 0.717) is 30.8 Å². The van der Waals surface area contributed by atoms with E-state index in [0.717, 1.165) is 45.6 Å². The number of thiophene rings is 5. The van der Waals surface area contributed by atoms with Crippen LogP contribution in [0.4, 0.5) is 0 Å². The highest BCUT2D eigenvalue weighted by molar-refractivity contribution is 7.26. The van der Waals surface area contributed by atoms with Crippen molar-refractivity contribution in [1.82, 2.24) is 0 Å². The summed E-state index contributed by atoms with van der Waals surface area (Å²) in [5, 5.41) is 0. The highest BCUT2D eigenvalue weighted by Gasteiger charge is 2.45. The second-order valence-corrected chi connectivity index (χ2v) is 23.3. The molecule has 8 heteroatoms. The highest BCUT2D eigenvalue weighted by Crippen LogP contribution is 2.51. The van der Waals surface area contributed by atoms with Crippen LogP contribution in [0.2, 0.25) is 0 Å². The number of aryl methyl sites for hydroxylation is 3. The lowest BCUT2D eigenvalue weighted by Gasteiger charge is -2.29. The zero-order chi connectivity index (χ0) is 41.6. The third kappa shape index (κ3) is 9.23. The van der Waals surface area contributed by atoms with E-state index in [2.05, 4.69) is 140 Å². The number of carbonyl (C=O) groups excluding carboxylic acids is 2. The molecule has 59 heavy (non-hydrogen) atoms. The van der Waals surface area contributed by atoms with Crippen LogP contribution in [-0.4, -0.2) is 18.4 Å². The summed E-state index contributed by atoms with van der Waals surface area (Å²) in [6.07, 6.45) is 15.6. The van der Waals surface area contributed by atoms with Gasteiger partial charge in [0.05, 0.1) is 13.0 Å². The summed E-state index contributed by atoms with van der Waals surface area (Å²) in [5.41, 5.74) is 6.28. The van der Waals surface area contributed by atoms with Crippen LogP contribution in [0.3, 0.4) is 0 Å². The Morgan fingerprint density at radius 1 is 0.797 bits per heavy atom. The maximum atomic E-state index is 13.9. The molecule has 8 rings (SSSR count). The van der Waals surface area contributed by atoms with Gasteiger partial charge < -0.3 is 4.74 Å². The Labute approximate surface area is 369 Å². The molecule has 2 bridgehead atoms. The number of allylic oxidation sites excluding steroid dienone is 11. The Bertz CT molecular complexity index is 2570. The van der Waals surface area contributed by atoms with Gasteiger partial charge in [0, 0.05) is 66.7 Å². The normalized spacial score (nSPS) is 20.4. The molecule has 4 atom stereocenters. The number of ketones is 1. The molecular formula is C51H52O3S5. The van der Waals surface area contributed by atoms with Gasteiger partial charge in [0.2, 0.25) is 0 Å². The van der Waals surface area contributed by atoms with Crippen molar-refractivity contribution < 1.29 is 14.3 Å². The van der Waals surface area contributed by atoms with Crippen molar-refractivity contribution >= 4 is 79.6 Å². The van der Waals surface area contributed by atoms with Crippen molar-refractivity contribution in [2.45, 2.75) is 79.6 Å². The molecule has 3 aliphatic carbocycles. The third-order valence-electron chi connectivity index (χ3n) is 11.8. The van der Waals surface area contributed by atoms with Gasteiger partial charge in [-0.2, -0.15) is 0 Å². The monoisotopic (exact) mass is 872 g/mol. The van der Waals surface area contributed by atoms with Crippen LogP contribution in [0.25, 0.3) is 30.7 Å². The third-order valence-corrected chi connectivity index (χ3v) is 18.1. The molecule has 0 spiro atoms. The second-order valence-electron chi connectivity index (χ2n) is 17.3. The van der Waals surface area contributed by atoms with Crippen molar-refractivity contribution in [2.75, 3.05) is 6.61 Å². The molecule has 5 aromatic heterocycles. The fourth-order valence-electron chi connectivity index (χ4n) is 8.68. The van der Waals surface area contributed by atoms with Crippen LogP contribution < -0.4 is 0 Å². The number of carbonyl (C=O) groups is 2. The number of esters is 1. The molecule has 0 amide bonds. The predicted octanol–water partition coefficient (Wildman–Crippen LogP) is 15.0. The Morgan fingerprint density at radius 2 is 1.46 bits per heavy atom. The lowest BCUT2D eigenvalue weighted by Crippen LogP contribution is -2.27. The lowest BCUT2D eigenvalue weighted by molar-refractivity contribution is -0.145. The standard InChI is InChI=1S/C51H52O3S5/c1-9-39(44-16-11-31(4)56-44)36(20-29(2)43-15-10-30(3)55-43)25-42(52)37-21-33(22-37)23-40-34-13-14-35(24-34)41(40)28-54-49(53)27-38-26-47(45-17-12-32(5)57-45)59-50(38)46-18-19-48(58-46)51(6,7)8/h9-22,26,34-35,40-41H,1,23-25,27-28H2,2-8H3/b29-20+,39-36-. The van der Waals surface area contributed by atoms with Gasteiger partial charge >= 0.3 is 5.97 Å². The molecule has 3 aliphatic rings. The summed E-state index contributed by atoms with van der Waals surface area (Å²) in [6, 6.07) is 19.6. The minimum atomic E-state index is -0.161. The van der Waals surface area contributed by atoms with Gasteiger partial charge in [0.1, 0.15) is 0 Å². The average molecular weight is 873 g/mol. The topological polar surface area (TPSA) is 43.4 Å². The molecule has 0 radical (unpaired) electrons. The molecule has 304 valence electrons. The first-order valence-corrected chi connectivity index (χ1v) is 24.6. The molecule has 3 nitrogen and oxygen atoms in total. The van der Waals surface area contributed by atoms with Crippen molar-refractivity contribution in [3.8, 4) is 19.5 Å². The number of rotatable bonds is 15.